The molecule has 138 valence electrons. The van der Waals surface area contributed by atoms with Gasteiger partial charge in [-0.05, 0) is 48.9 Å². The molecule has 0 spiro atoms. The highest BCUT2D eigenvalue weighted by molar-refractivity contribution is 7.89. The summed E-state index contributed by atoms with van der Waals surface area (Å²) in [6, 6.07) is 4.66. The second-order valence-electron chi connectivity index (χ2n) is 7.15. The molecular formula is C18H25FN2O3S. The second kappa shape index (κ2) is 7.41. The first-order chi connectivity index (χ1) is 11.9. The number of rotatable bonds is 4. The number of nitrogens with zero attached hydrogens (tertiary/aromatic N) is 2. The predicted octanol–water partition coefficient (Wildman–Crippen LogP) is 2.48. The molecule has 0 aromatic heterocycles. The van der Waals surface area contributed by atoms with Crippen LogP contribution in [0.1, 0.15) is 32.1 Å². The summed E-state index contributed by atoms with van der Waals surface area (Å²) in [5, 5.41) is 0. The molecule has 2 fully saturated rings. The Morgan fingerprint density at radius 1 is 1.16 bits per heavy atom. The van der Waals surface area contributed by atoms with Crippen LogP contribution in [0.2, 0.25) is 0 Å². The van der Waals surface area contributed by atoms with Crippen LogP contribution in [0.4, 0.5) is 4.39 Å². The Morgan fingerprint density at radius 2 is 1.80 bits per heavy atom. The summed E-state index contributed by atoms with van der Waals surface area (Å²) in [6.07, 6.45) is 5.95. The Kier molecular flexibility index (Phi) is 5.43. The molecule has 1 saturated heterocycles. The number of likely N-dealkylation sites (N-methyl/N-ethyl adjacent to an activating group) is 1. The SMILES string of the molecule is CN(CC(=O)N1CC[C@H]2CCCC[C@@H]2C1)S(=O)(=O)c1ccc(F)cc1. The van der Waals surface area contributed by atoms with Gasteiger partial charge < -0.3 is 4.90 Å². The molecule has 1 heterocycles. The third-order valence-corrected chi connectivity index (χ3v) is 7.34. The number of fused-ring (bicyclic) bond motifs is 1. The fraction of sp³-hybridized carbons (Fsp3) is 0.611. The molecule has 7 heteroatoms. The van der Waals surface area contributed by atoms with E-state index >= 15 is 0 Å². The number of benzene rings is 1. The number of carbonyl (C=O) groups is 1. The van der Waals surface area contributed by atoms with Crippen LogP contribution in [-0.2, 0) is 14.8 Å². The molecule has 1 aliphatic carbocycles. The molecule has 2 aliphatic rings. The summed E-state index contributed by atoms with van der Waals surface area (Å²) >= 11 is 0. The largest absolute Gasteiger partial charge is 0.341 e. The zero-order chi connectivity index (χ0) is 18.0. The summed E-state index contributed by atoms with van der Waals surface area (Å²) in [6.45, 7) is 1.27. The number of hydrogen-bond acceptors (Lipinski definition) is 3. The van der Waals surface area contributed by atoms with Gasteiger partial charge in [0, 0.05) is 20.1 Å². The van der Waals surface area contributed by atoms with Gasteiger partial charge in [-0.15, -0.1) is 0 Å². The lowest BCUT2D eigenvalue weighted by Crippen LogP contribution is -2.48. The molecule has 1 saturated carbocycles. The quantitative estimate of drug-likeness (QED) is 0.820. The molecule has 1 aliphatic heterocycles. The molecular weight excluding hydrogens is 343 g/mol. The molecule has 25 heavy (non-hydrogen) atoms. The number of hydrogen-bond donors (Lipinski definition) is 0. The molecule has 0 N–H and O–H groups in total. The average Bonchev–Trinajstić information content (AvgIpc) is 2.61. The van der Waals surface area contributed by atoms with E-state index in [0.29, 0.717) is 12.5 Å². The number of halogens is 1. The first-order valence-corrected chi connectivity index (χ1v) is 10.3. The van der Waals surface area contributed by atoms with Crippen molar-refractivity contribution < 1.29 is 17.6 Å². The Hall–Kier alpha value is -1.47. The van der Waals surface area contributed by atoms with Gasteiger partial charge in [-0.2, -0.15) is 4.31 Å². The van der Waals surface area contributed by atoms with Crippen molar-refractivity contribution in [1.82, 2.24) is 9.21 Å². The number of sulfonamides is 1. The van der Waals surface area contributed by atoms with Gasteiger partial charge in [-0.25, -0.2) is 12.8 Å². The van der Waals surface area contributed by atoms with E-state index in [-0.39, 0.29) is 17.3 Å². The van der Waals surface area contributed by atoms with E-state index in [1.807, 2.05) is 4.90 Å². The Balaban J connectivity index is 1.63. The monoisotopic (exact) mass is 368 g/mol. The van der Waals surface area contributed by atoms with Crippen molar-refractivity contribution in [2.24, 2.45) is 11.8 Å². The first kappa shape index (κ1) is 18.3. The lowest BCUT2D eigenvalue weighted by atomic mass is 9.75. The number of piperidine rings is 1. The van der Waals surface area contributed by atoms with Crippen LogP contribution in [0.3, 0.4) is 0 Å². The van der Waals surface area contributed by atoms with Crippen molar-refractivity contribution in [1.29, 1.82) is 0 Å². The highest BCUT2D eigenvalue weighted by atomic mass is 32.2. The maximum Gasteiger partial charge on any atom is 0.243 e. The third kappa shape index (κ3) is 4.03. The van der Waals surface area contributed by atoms with Gasteiger partial charge in [0.25, 0.3) is 0 Å². The molecule has 1 amide bonds. The summed E-state index contributed by atoms with van der Waals surface area (Å²) in [5.41, 5.74) is 0. The van der Waals surface area contributed by atoms with Crippen LogP contribution in [-0.4, -0.2) is 50.2 Å². The van der Waals surface area contributed by atoms with Crippen molar-refractivity contribution in [3.05, 3.63) is 30.1 Å². The molecule has 2 atom stereocenters. The van der Waals surface area contributed by atoms with E-state index in [0.717, 1.165) is 41.7 Å². The van der Waals surface area contributed by atoms with Gasteiger partial charge >= 0.3 is 0 Å². The van der Waals surface area contributed by atoms with Crippen molar-refractivity contribution in [2.45, 2.75) is 37.0 Å². The van der Waals surface area contributed by atoms with E-state index in [2.05, 4.69) is 0 Å². The Labute approximate surface area is 148 Å². The molecule has 0 radical (unpaired) electrons. The third-order valence-electron chi connectivity index (χ3n) is 5.52. The van der Waals surface area contributed by atoms with Gasteiger partial charge in [-0.3, -0.25) is 4.79 Å². The van der Waals surface area contributed by atoms with E-state index in [1.54, 1.807) is 0 Å². The smallest absolute Gasteiger partial charge is 0.243 e. The van der Waals surface area contributed by atoms with E-state index in [4.69, 9.17) is 0 Å². The second-order valence-corrected chi connectivity index (χ2v) is 9.19. The fourth-order valence-electron chi connectivity index (χ4n) is 3.99. The van der Waals surface area contributed by atoms with Crippen molar-refractivity contribution in [2.75, 3.05) is 26.7 Å². The highest BCUT2D eigenvalue weighted by Crippen LogP contribution is 2.36. The Bertz CT molecular complexity index is 720. The fourth-order valence-corrected chi connectivity index (χ4v) is 5.11. The van der Waals surface area contributed by atoms with Crippen molar-refractivity contribution in [3.63, 3.8) is 0 Å². The van der Waals surface area contributed by atoms with Gasteiger partial charge in [-0.1, -0.05) is 19.3 Å². The molecule has 3 rings (SSSR count). The number of likely N-dealkylation sites (tertiary alicyclic amines) is 1. The summed E-state index contributed by atoms with van der Waals surface area (Å²) in [4.78, 5) is 14.4. The summed E-state index contributed by atoms with van der Waals surface area (Å²) in [5.74, 6) is 0.634. The van der Waals surface area contributed by atoms with E-state index in [9.17, 15) is 17.6 Å². The standard InChI is InChI=1S/C18H25FN2O3S/c1-20(25(23,24)17-8-6-16(19)7-9-17)13-18(22)21-11-10-14-4-2-3-5-15(14)12-21/h6-9,14-15H,2-5,10-13H2,1H3/t14-,15-/m1/s1. The zero-order valence-corrected chi connectivity index (χ0v) is 15.3. The summed E-state index contributed by atoms with van der Waals surface area (Å²) < 4.78 is 39.1. The van der Waals surface area contributed by atoms with Gasteiger partial charge in [0.2, 0.25) is 15.9 Å². The molecule has 5 nitrogen and oxygen atoms in total. The highest BCUT2D eigenvalue weighted by Gasteiger charge is 2.34. The lowest BCUT2D eigenvalue weighted by molar-refractivity contribution is -0.134. The number of amides is 1. The molecule has 1 aromatic rings. The van der Waals surface area contributed by atoms with Crippen LogP contribution in [0.25, 0.3) is 0 Å². The van der Waals surface area contributed by atoms with Gasteiger partial charge in [0.05, 0.1) is 11.4 Å². The van der Waals surface area contributed by atoms with Gasteiger partial charge in [0.1, 0.15) is 5.82 Å². The summed E-state index contributed by atoms with van der Waals surface area (Å²) in [7, 11) is -2.40. The van der Waals surface area contributed by atoms with Crippen LogP contribution in [0, 0.1) is 17.7 Å². The average molecular weight is 368 g/mol. The first-order valence-electron chi connectivity index (χ1n) is 8.87. The van der Waals surface area contributed by atoms with Crippen LogP contribution in [0.15, 0.2) is 29.2 Å². The van der Waals surface area contributed by atoms with Crippen LogP contribution in [0.5, 0.6) is 0 Å². The topological polar surface area (TPSA) is 57.7 Å². The van der Waals surface area contributed by atoms with Crippen molar-refractivity contribution in [3.8, 4) is 0 Å². The maximum absolute atomic E-state index is 13.0. The van der Waals surface area contributed by atoms with E-state index < -0.39 is 15.8 Å². The van der Waals surface area contributed by atoms with E-state index in [1.165, 1.54) is 38.4 Å². The molecule has 0 unspecified atom stereocenters. The number of carbonyl (C=O) groups excluding carboxylic acids is 1. The molecule has 1 aromatic carbocycles. The minimum atomic E-state index is -3.79. The molecule has 0 bridgehead atoms. The van der Waals surface area contributed by atoms with Gasteiger partial charge in [0.15, 0.2) is 0 Å². The maximum atomic E-state index is 13.0. The van der Waals surface area contributed by atoms with Crippen LogP contribution < -0.4 is 0 Å². The minimum Gasteiger partial charge on any atom is -0.341 e. The normalized spacial score (nSPS) is 24.2. The Morgan fingerprint density at radius 3 is 2.48 bits per heavy atom. The zero-order valence-electron chi connectivity index (χ0n) is 14.5. The lowest BCUT2D eigenvalue weighted by Gasteiger charge is -2.41. The minimum absolute atomic E-state index is 0.00445. The van der Waals surface area contributed by atoms with Crippen molar-refractivity contribution >= 4 is 15.9 Å². The predicted molar refractivity (Wildman–Crippen MR) is 92.9 cm³/mol. The van der Waals surface area contributed by atoms with Crippen LogP contribution >= 0.6 is 0 Å².